The topological polar surface area (TPSA) is 562 Å². The van der Waals surface area contributed by atoms with E-state index >= 15 is 0 Å². The fourth-order valence-corrected chi connectivity index (χ4v) is 25.4. The van der Waals surface area contributed by atoms with Crippen molar-refractivity contribution in [2.24, 2.45) is 138 Å². The molecule has 36 nitrogen and oxygen atoms in total. The number of ether oxygens (including phenoxy) is 1. The van der Waals surface area contributed by atoms with Crippen molar-refractivity contribution in [3.8, 4) is 6.07 Å². The van der Waals surface area contributed by atoms with Crippen LogP contribution in [0.25, 0.3) is 0 Å². The highest BCUT2D eigenvalue weighted by Crippen LogP contribution is 2.66. The van der Waals surface area contributed by atoms with Gasteiger partial charge in [0.25, 0.3) is 0 Å². The molecule has 14 aliphatic carbocycles. The number of nitriles is 1. The van der Waals surface area contributed by atoms with E-state index in [1.54, 1.807) is 11.1 Å². The highest BCUT2D eigenvalue weighted by Gasteiger charge is 2.64. The first-order chi connectivity index (χ1) is 58.9. The summed E-state index contributed by atoms with van der Waals surface area (Å²) in [5.41, 5.74) is 24.9. The smallest absolute Gasteiger partial charge is 0.307 e. The second kappa shape index (κ2) is 39.4. The van der Waals surface area contributed by atoms with Crippen molar-refractivity contribution < 1.29 is 48.8 Å². The van der Waals surface area contributed by atoms with Crippen molar-refractivity contribution in [1.29, 1.82) is 5.26 Å². The van der Waals surface area contributed by atoms with E-state index in [0.717, 1.165) is 139 Å². The maximum atomic E-state index is 12.1. The minimum absolute atomic E-state index is 0.00377. The van der Waals surface area contributed by atoms with Gasteiger partial charge in [-0.2, -0.15) is 20.9 Å². The molecule has 21 atom stereocenters. The fourth-order valence-electron chi connectivity index (χ4n) is 25.4. The number of allylic oxidation sites excluding steroid dienone is 14. The number of hydrogen-bond donors (Lipinski definition) is 7. The molecule has 3 heterocycles. The molecule has 0 bridgehead atoms. The van der Waals surface area contributed by atoms with Gasteiger partial charge in [-0.1, -0.05) is 146 Å². The van der Waals surface area contributed by atoms with Crippen LogP contribution >= 0.6 is 0 Å². The predicted molar refractivity (Wildman–Crippen MR) is 457 cm³/mol. The number of aromatic nitrogens is 12. The highest BCUT2D eigenvalue weighted by atomic mass is 16.6. The van der Waals surface area contributed by atoms with Crippen molar-refractivity contribution in [3.05, 3.63) is 150 Å². The molecule has 3 aromatic rings. The Kier molecular flexibility index (Phi) is 30.1. The Morgan fingerprint density at radius 1 is 0.427 bits per heavy atom. The van der Waals surface area contributed by atoms with Crippen molar-refractivity contribution >= 4 is 17.8 Å². The van der Waals surface area contributed by atoms with E-state index in [1.807, 2.05) is 20.8 Å². The minimum atomic E-state index is -0.927. The summed E-state index contributed by atoms with van der Waals surface area (Å²) in [6, 6.07) is 2.13. The van der Waals surface area contributed by atoms with Gasteiger partial charge in [0, 0.05) is 62.1 Å². The van der Waals surface area contributed by atoms with Crippen LogP contribution in [0.5, 0.6) is 0 Å². The number of nitro groups is 5. The number of carbonyl (C=O) groups is 3. The number of aromatic amines is 3. The minimum Gasteiger partial charge on any atom is -0.481 e. The Hall–Kier alpha value is -9.79. The number of H-pyrrole nitrogens is 3. The van der Waals surface area contributed by atoms with Crippen LogP contribution in [-0.4, -0.2) is 161 Å². The molecule has 17 rings (SSSR count). The number of nitrogens with one attached hydrogen (secondary N) is 3. The molecule has 124 heavy (non-hydrogen) atoms. The number of fused-ring (bicyclic) bond motifs is 7. The zero-order valence-electron chi connectivity index (χ0n) is 74.0. The number of rotatable bonds is 32. The number of hydrogen-bond acceptors (Lipinski definition) is 26. The van der Waals surface area contributed by atoms with E-state index in [2.05, 4.69) is 159 Å². The molecule has 10 N–H and O–H groups in total. The number of nitrogens with zero attached hydrogens (tertiary/aromatic N) is 15. The molecule has 7 fully saturated rings. The largest absolute Gasteiger partial charge is 0.481 e. The Balaban J connectivity index is 0.000000141. The summed E-state index contributed by atoms with van der Waals surface area (Å²) in [4.78, 5) is 86.9. The zero-order chi connectivity index (χ0) is 90.1. The van der Waals surface area contributed by atoms with E-state index in [4.69, 9.17) is 32.3 Å². The third-order valence-corrected chi connectivity index (χ3v) is 31.1. The first-order valence-electron chi connectivity index (χ1n) is 45.0. The molecule has 0 spiro atoms. The number of nitrogens with two attached hydrogens (primary N) is 3. The molecule has 0 aromatic carbocycles. The number of tetrazole rings is 3. The van der Waals surface area contributed by atoms with Crippen molar-refractivity contribution in [1.82, 2.24) is 61.9 Å². The van der Waals surface area contributed by atoms with Crippen LogP contribution in [0.2, 0.25) is 0 Å². The van der Waals surface area contributed by atoms with Crippen LogP contribution in [0, 0.1) is 183 Å². The van der Waals surface area contributed by atoms with Crippen molar-refractivity contribution in [2.75, 3.05) is 45.8 Å². The molecule has 0 aliphatic heterocycles. The van der Waals surface area contributed by atoms with Gasteiger partial charge in [-0.15, -0.1) is 30.6 Å². The lowest BCUT2D eigenvalue weighted by Crippen LogP contribution is -2.51. The lowest BCUT2D eigenvalue weighted by Gasteiger charge is -2.51. The average molecular weight is 1720 g/mol. The van der Waals surface area contributed by atoms with Gasteiger partial charge in [0.05, 0.1) is 40.6 Å². The van der Waals surface area contributed by atoms with Gasteiger partial charge in [-0.3, -0.25) is 65.0 Å². The standard InChI is InChI=1S/C16H25NO4.C12H17N5O2.2C12H19N5.C12H18N2O3.C12H16N2O2.C12H17NO4/c1-5-11-6-12-8-16(10-17(19)20,13(12)7-11)9-14(18)21-15(2,3)4;1-2-8-3-9-5-12(7-17(18)19,10(9)4-8)6-11-13-15-16-14-11;2*1-2-8-3-9-5-12(7-13,10(9)4-8)6-11-14-16-17-15-11;1-2-8-3-9-5-12(6-11(13)15,7-14(16)17)10(9)4-8;1-2-9-5-10-7-12(3-4-13,8-14(15)16)11(10)6-9;1-2-8-3-9-5-12(6-11(14)15,7-13(16)17)10(9)4-8/h7,12-13H,5-6,8-10H2,1-4H3;4,9-10H,2-3,5-7H2,1H3,(H,13,14,15,16);2*4,9-10H,2-3,5-7,13H2,1H3,(H,14,15,16,17);4,9-10H,2-3,5-7H2,1H3,(H2,13,15);6,10-11H,2-3,5,7-8H2,1H3;4,9-10H,2-3,5-7H2,1H3,(H,14,15)/t12-,13-,16-;9-,10-,12-;9?,10?,12-;2*9-,10-,12-;10-,11-,12+;9-,10-,12-/m1101111/s1. The summed E-state index contributed by atoms with van der Waals surface area (Å²) in [6.45, 7) is 21.4. The summed E-state index contributed by atoms with van der Waals surface area (Å²) in [6.07, 6.45) is 40.2. The van der Waals surface area contributed by atoms with Gasteiger partial charge in [-0.25, -0.2) is 0 Å². The van der Waals surface area contributed by atoms with E-state index in [0.29, 0.717) is 72.4 Å². The number of aliphatic carboxylic acids is 1. The zero-order valence-corrected chi connectivity index (χ0v) is 74.0. The van der Waals surface area contributed by atoms with Crippen LogP contribution in [0.15, 0.2) is 81.5 Å². The average Bonchev–Trinajstić information content (AvgIpc) is 1.53. The summed E-state index contributed by atoms with van der Waals surface area (Å²) in [5.74, 6) is 7.09. The van der Waals surface area contributed by atoms with E-state index in [1.165, 1.54) is 66.4 Å². The molecule has 0 radical (unpaired) electrons. The Labute approximate surface area is 724 Å². The van der Waals surface area contributed by atoms with Crippen LogP contribution in [0.4, 0.5) is 0 Å². The van der Waals surface area contributed by atoms with Crippen LogP contribution in [-0.2, 0) is 38.4 Å². The van der Waals surface area contributed by atoms with Crippen molar-refractivity contribution in [3.63, 3.8) is 0 Å². The summed E-state index contributed by atoms with van der Waals surface area (Å²) >= 11 is 0. The monoisotopic (exact) mass is 1720 g/mol. The predicted octanol–water partition coefficient (Wildman–Crippen LogP) is 13.0. The third-order valence-electron chi connectivity index (χ3n) is 31.1. The molecule has 1 amide bonds. The number of carboxylic acid groups (broad SMARTS) is 1. The van der Waals surface area contributed by atoms with E-state index in [9.17, 15) is 65.0 Å². The molecule has 36 heteroatoms. The molecule has 3 aromatic heterocycles. The van der Waals surface area contributed by atoms with Gasteiger partial charge in [0.1, 0.15) is 5.60 Å². The van der Waals surface area contributed by atoms with Crippen molar-refractivity contribution in [2.45, 2.75) is 255 Å². The SMILES string of the molecule is CCC1=CC2C(C1)C[C@@]2(CN)Cc1nn[nH]n1.CCC1=C[C@@H]2[C@H](C1)C[C@@]2(CC#N)C[N+](=O)[O-].CCC1=C[C@@H]2[C@H](C1)C[C@@]2(CC(=O)O)C[N+](=O)[O-].CCC1=C[C@@H]2[C@H](C1)C[C@@]2(CC(=O)OC(C)(C)C)C[N+](=O)[O-].CCC1=C[C@@H]2[C@H](C1)C[C@@]2(CC(N)=O)C[N+](=O)[O-].CCC1=C[C@@H]2[C@H](C1)C[C@@]2(Cc1nn[nH]n1)C[N+](=O)[O-].CCC1=C[C@@H]2[C@H](C1)C[C@]2(CN)Cc1nn[nH]n1. The third kappa shape index (κ3) is 21.1. The summed E-state index contributed by atoms with van der Waals surface area (Å²) < 4.78 is 5.37. The number of amides is 1. The van der Waals surface area contributed by atoms with E-state index < -0.39 is 33.7 Å². The molecule has 2 unspecified atom stereocenters. The highest BCUT2D eigenvalue weighted by molar-refractivity contribution is 5.75. The molecule has 678 valence electrons. The molecular formula is C88H131N21O15. The van der Waals surface area contributed by atoms with Crippen LogP contribution in [0.1, 0.15) is 247 Å². The quantitative estimate of drug-likeness (QED) is 0.0132. The first kappa shape index (κ1) is 94.9. The Morgan fingerprint density at radius 3 is 0.927 bits per heavy atom. The number of carbonyl (C=O) groups excluding carboxylic acids is 2. The Morgan fingerprint density at radius 2 is 0.669 bits per heavy atom. The number of carboxylic acids is 1. The second-order valence-corrected chi connectivity index (χ2v) is 39.8. The maximum Gasteiger partial charge on any atom is 0.307 e. The van der Waals surface area contributed by atoms with Gasteiger partial charge in [0.15, 0.2) is 17.5 Å². The van der Waals surface area contributed by atoms with Crippen LogP contribution in [0.3, 0.4) is 0 Å². The summed E-state index contributed by atoms with van der Waals surface area (Å²) in [7, 11) is 0. The molecular weight excluding hydrogens is 1590 g/mol. The normalized spacial score (nSPS) is 34.1. The number of primary amides is 1. The number of esters is 1. The maximum absolute atomic E-state index is 12.1. The summed E-state index contributed by atoms with van der Waals surface area (Å²) in [5, 5.41) is 114. The molecule has 0 saturated heterocycles. The lowest BCUT2D eigenvalue weighted by molar-refractivity contribution is -0.506. The lowest BCUT2D eigenvalue weighted by atomic mass is 9.53. The first-order valence-corrected chi connectivity index (χ1v) is 45.0. The Bertz CT molecular complexity index is 4420. The van der Waals surface area contributed by atoms with Gasteiger partial charge in [-0.05, 0) is 262 Å². The van der Waals surface area contributed by atoms with Crippen LogP contribution < -0.4 is 17.2 Å². The molecule has 7 saturated carbocycles. The van der Waals surface area contributed by atoms with Gasteiger partial charge in [0.2, 0.25) is 38.6 Å². The second-order valence-electron chi connectivity index (χ2n) is 39.8. The molecule has 14 aliphatic rings. The van der Waals surface area contributed by atoms with E-state index in [-0.39, 0.29) is 128 Å². The fraction of sp³-hybridized carbons (Fsp3) is 0.761. The van der Waals surface area contributed by atoms with Gasteiger partial charge >= 0.3 is 11.9 Å². The van der Waals surface area contributed by atoms with Gasteiger partial charge < -0.3 is 27.0 Å².